The van der Waals surface area contributed by atoms with Gasteiger partial charge in [0.25, 0.3) is 5.91 Å². The van der Waals surface area contributed by atoms with Gasteiger partial charge >= 0.3 is 5.97 Å². The number of ether oxygens (including phenoxy) is 2. The molecule has 162 valence electrons. The fourth-order valence-corrected chi connectivity index (χ4v) is 5.06. The van der Waals surface area contributed by atoms with E-state index in [4.69, 9.17) is 9.47 Å². The first-order valence-corrected chi connectivity index (χ1v) is 11.2. The Bertz CT molecular complexity index is 924. The Morgan fingerprint density at radius 3 is 2.47 bits per heavy atom. The van der Waals surface area contributed by atoms with E-state index >= 15 is 0 Å². The molecule has 2 unspecified atom stereocenters. The highest BCUT2D eigenvalue weighted by molar-refractivity contribution is 7.17. The van der Waals surface area contributed by atoms with E-state index in [0.717, 1.165) is 29.7 Å². The maximum Gasteiger partial charge on any atom is 0.341 e. The van der Waals surface area contributed by atoms with E-state index in [1.165, 1.54) is 24.0 Å². The number of carbonyl (C=O) groups is 2. The van der Waals surface area contributed by atoms with Crippen molar-refractivity contribution >= 4 is 28.2 Å². The maximum atomic E-state index is 12.8. The summed E-state index contributed by atoms with van der Waals surface area (Å²) in [6.07, 6.45) is 2.09. The van der Waals surface area contributed by atoms with Crippen LogP contribution in [0.4, 0.5) is 5.00 Å². The Hall–Kier alpha value is -2.34. The normalized spacial score (nSPS) is 17.1. The molecule has 1 N–H and O–H groups in total. The number of nitrogens with one attached hydrogen (secondary N) is 1. The molecule has 0 spiro atoms. The topological polar surface area (TPSA) is 64.6 Å². The van der Waals surface area contributed by atoms with Crippen LogP contribution in [-0.4, -0.2) is 25.1 Å². The first kappa shape index (κ1) is 22.3. The van der Waals surface area contributed by atoms with E-state index in [1.54, 1.807) is 6.92 Å². The minimum absolute atomic E-state index is 0.0571. The Morgan fingerprint density at radius 1 is 1.20 bits per heavy atom. The minimum Gasteiger partial charge on any atom is -0.481 e. The number of anilines is 1. The van der Waals surface area contributed by atoms with Crippen molar-refractivity contribution in [3.05, 3.63) is 45.8 Å². The lowest BCUT2D eigenvalue weighted by Crippen LogP contribution is -2.30. The third kappa shape index (κ3) is 4.86. The molecule has 2 aromatic rings. The second-order valence-electron chi connectivity index (χ2n) is 9.07. The van der Waals surface area contributed by atoms with Crippen LogP contribution in [0.2, 0.25) is 0 Å². The zero-order chi connectivity index (χ0) is 22.1. The Morgan fingerprint density at radius 2 is 1.87 bits per heavy atom. The first-order chi connectivity index (χ1) is 14.1. The smallest absolute Gasteiger partial charge is 0.341 e. The summed E-state index contributed by atoms with van der Waals surface area (Å²) in [5.41, 5.74) is 2.78. The lowest BCUT2D eigenvalue weighted by Gasteiger charge is -2.20. The van der Waals surface area contributed by atoms with Crippen LogP contribution in [0, 0.1) is 5.92 Å². The van der Waals surface area contributed by atoms with Crippen molar-refractivity contribution in [2.24, 2.45) is 5.92 Å². The largest absolute Gasteiger partial charge is 0.481 e. The summed E-state index contributed by atoms with van der Waals surface area (Å²) in [5, 5.41) is 3.47. The van der Waals surface area contributed by atoms with Gasteiger partial charge in [-0.3, -0.25) is 4.79 Å². The van der Waals surface area contributed by atoms with E-state index in [0.29, 0.717) is 22.2 Å². The summed E-state index contributed by atoms with van der Waals surface area (Å²) < 4.78 is 10.8. The SMILES string of the molecule is COC(=O)c1c(NC(=O)C(C)Oc2ccc(C(C)(C)C)cc2)sc2c1CCC(C)C2. The Balaban J connectivity index is 1.74. The maximum absolute atomic E-state index is 12.8. The van der Waals surface area contributed by atoms with Crippen LogP contribution < -0.4 is 10.1 Å². The highest BCUT2D eigenvalue weighted by Gasteiger charge is 2.29. The highest BCUT2D eigenvalue weighted by Crippen LogP contribution is 2.40. The summed E-state index contributed by atoms with van der Waals surface area (Å²) in [6, 6.07) is 7.80. The molecule has 2 atom stereocenters. The zero-order valence-corrected chi connectivity index (χ0v) is 19.4. The summed E-state index contributed by atoms with van der Waals surface area (Å²) in [4.78, 5) is 26.4. The van der Waals surface area contributed by atoms with Crippen molar-refractivity contribution in [3.63, 3.8) is 0 Å². The van der Waals surface area contributed by atoms with E-state index in [2.05, 4.69) is 33.0 Å². The molecule has 5 nitrogen and oxygen atoms in total. The molecule has 30 heavy (non-hydrogen) atoms. The molecule has 0 saturated carbocycles. The number of hydrogen-bond donors (Lipinski definition) is 1. The average Bonchev–Trinajstić information content (AvgIpc) is 3.03. The van der Waals surface area contributed by atoms with Crippen molar-refractivity contribution in [1.29, 1.82) is 0 Å². The molecule has 3 rings (SSSR count). The molecule has 1 heterocycles. The molecule has 1 aromatic heterocycles. The zero-order valence-electron chi connectivity index (χ0n) is 18.6. The third-order valence-electron chi connectivity index (χ3n) is 5.54. The van der Waals surface area contributed by atoms with Crippen LogP contribution in [0.5, 0.6) is 5.75 Å². The summed E-state index contributed by atoms with van der Waals surface area (Å²) in [6.45, 7) is 10.4. The van der Waals surface area contributed by atoms with Crippen LogP contribution >= 0.6 is 11.3 Å². The summed E-state index contributed by atoms with van der Waals surface area (Å²) in [5.74, 6) is 0.525. The summed E-state index contributed by atoms with van der Waals surface area (Å²) >= 11 is 1.48. The molecule has 1 aliphatic carbocycles. The number of benzene rings is 1. The van der Waals surface area contributed by atoms with E-state index in [1.807, 2.05) is 24.3 Å². The number of esters is 1. The van der Waals surface area contributed by atoms with Crippen molar-refractivity contribution in [2.45, 2.75) is 65.4 Å². The van der Waals surface area contributed by atoms with Crippen molar-refractivity contribution in [2.75, 3.05) is 12.4 Å². The molecule has 0 fully saturated rings. The van der Waals surface area contributed by atoms with Crippen LogP contribution in [0.1, 0.15) is 67.4 Å². The van der Waals surface area contributed by atoms with Crippen molar-refractivity contribution < 1.29 is 19.1 Å². The molecule has 1 aromatic carbocycles. The van der Waals surface area contributed by atoms with Gasteiger partial charge in [-0.15, -0.1) is 11.3 Å². The van der Waals surface area contributed by atoms with Crippen LogP contribution in [0.25, 0.3) is 0 Å². The number of thiophene rings is 1. The van der Waals surface area contributed by atoms with Crippen molar-refractivity contribution in [1.82, 2.24) is 0 Å². The van der Waals surface area contributed by atoms with Gasteiger partial charge in [-0.1, -0.05) is 39.8 Å². The minimum atomic E-state index is -0.700. The van der Waals surface area contributed by atoms with Gasteiger partial charge in [0.05, 0.1) is 12.7 Å². The van der Waals surface area contributed by atoms with Gasteiger partial charge in [0, 0.05) is 4.88 Å². The molecule has 0 radical (unpaired) electrons. The monoisotopic (exact) mass is 429 g/mol. The second-order valence-corrected chi connectivity index (χ2v) is 10.2. The van der Waals surface area contributed by atoms with Gasteiger partial charge in [-0.2, -0.15) is 0 Å². The van der Waals surface area contributed by atoms with Gasteiger partial charge in [0.1, 0.15) is 10.8 Å². The molecule has 0 saturated heterocycles. The highest BCUT2D eigenvalue weighted by atomic mass is 32.1. The molecule has 1 amide bonds. The second kappa shape index (κ2) is 8.80. The lowest BCUT2D eigenvalue weighted by molar-refractivity contribution is -0.122. The Kier molecular flexibility index (Phi) is 6.56. The predicted octanol–water partition coefficient (Wildman–Crippen LogP) is 5.36. The third-order valence-corrected chi connectivity index (χ3v) is 6.71. The molecule has 6 heteroatoms. The lowest BCUT2D eigenvalue weighted by atomic mass is 9.87. The fourth-order valence-electron chi connectivity index (χ4n) is 3.66. The fraction of sp³-hybridized carbons (Fsp3) is 0.500. The van der Waals surface area contributed by atoms with Gasteiger partial charge < -0.3 is 14.8 Å². The predicted molar refractivity (Wildman–Crippen MR) is 121 cm³/mol. The Labute approximate surface area is 182 Å². The number of fused-ring (bicyclic) bond motifs is 1. The van der Waals surface area contributed by atoms with Gasteiger partial charge in [-0.25, -0.2) is 4.79 Å². The number of rotatable bonds is 5. The number of methoxy groups -OCH3 is 1. The molecule has 0 aliphatic heterocycles. The first-order valence-electron chi connectivity index (χ1n) is 10.4. The number of carbonyl (C=O) groups excluding carboxylic acids is 2. The van der Waals surface area contributed by atoms with Gasteiger partial charge in [0.15, 0.2) is 6.10 Å². The molecular weight excluding hydrogens is 398 g/mol. The van der Waals surface area contributed by atoms with Crippen LogP contribution in [-0.2, 0) is 27.8 Å². The van der Waals surface area contributed by atoms with Crippen LogP contribution in [0.15, 0.2) is 24.3 Å². The number of hydrogen-bond acceptors (Lipinski definition) is 5. The van der Waals surface area contributed by atoms with Gasteiger partial charge in [0.2, 0.25) is 0 Å². The molecular formula is C24H31NO4S. The number of amides is 1. The standard InChI is InChI=1S/C24H31NO4S/c1-14-7-12-18-19(13-14)30-22(20(18)23(27)28-6)25-21(26)15(2)29-17-10-8-16(9-11-17)24(3,4)5/h8-11,14-15H,7,12-13H2,1-6H3,(H,25,26). The quantitative estimate of drug-likeness (QED) is 0.650. The van der Waals surface area contributed by atoms with E-state index in [-0.39, 0.29) is 11.3 Å². The van der Waals surface area contributed by atoms with E-state index in [9.17, 15) is 9.59 Å². The molecule has 1 aliphatic rings. The van der Waals surface area contributed by atoms with Crippen molar-refractivity contribution in [3.8, 4) is 5.75 Å². The van der Waals surface area contributed by atoms with Crippen LogP contribution in [0.3, 0.4) is 0 Å². The molecule has 0 bridgehead atoms. The summed E-state index contributed by atoms with van der Waals surface area (Å²) in [7, 11) is 1.37. The van der Waals surface area contributed by atoms with E-state index < -0.39 is 12.1 Å². The van der Waals surface area contributed by atoms with Gasteiger partial charge in [-0.05, 0) is 60.8 Å². The average molecular weight is 430 g/mol.